The number of rotatable bonds is 4. The Morgan fingerprint density at radius 2 is 2.28 bits per heavy atom. The maximum Gasteiger partial charge on any atom is 0.143 e. The SMILES string of the molecule is COc1cc(C#N)ccc1NCc1cccnc1. The molecule has 0 spiro atoms. The Bertz CT molecular complexity index is 561. The molecule has 0 saturated heterocycles. The van der Waals surface area contributed by atoms with Crippen LogP contribution in [0.4, 0.5) is 5.69 Å². The molecule has 0 aliphatic carbocycles. The maximum atomic E-state index is 8.82. The van der Waals surface area contributed by atoms with Gasteiger partial charge in [0.05, 0.1) is 24.4 Å². The van der Waals surface area contributed by atoms with Crippen LogP contribution in [0.3, 0.4) is 0 Å². The quantitative estimate of drug-likeness (QED) is 0.890. The highest BCUT2D eigenvalue weighted by Crippen LogP contribution is 2.25. The van der Waals surface area contributed by atoms with Gasteiger partial charge in [-0.2, -0.15) is 5.26 Å². The van der Waals surface area contributed by atoms with Gasteiger partial charge in [-0.25, -0.2) is 0 Å². The van der Waals surface area contributed by atoms with Crippen molar-refractivity contribution in [3.05, 3.63) is 53.9 Å². The van der Waals surface area contributed by atoms with Crippen molar-refractivity contribution in [2.75, 3.05) is 12.4 Å². The number of nitrogens with one attached hydrogen (secondary N) is 1. The highest BCUT2D eigenvalue weighted by molar-refractivity contribution is 5.59. The van der Waals surface area contributed by atoms with Crippen LogP contribution in [0.1, 0.15) is 11.1 Å². The summed E-state index contributed by atoms with van der Waals surface area (Å²) in [5, 5.41) is 12.1. The summed E-state index contributed by atoms with van der Waals surface area (Å²) in [7, 11) is 1.59. The van der Waals surface area contributed by atoms with Crippen molar-refractivity contribution in [1.29, 1.82) is 5.26 Å². The van der Waals surface area contributed by atoms with Gasteiger partial charge in [0.2, 0.25) is 0 Å². The summed E-state index contributed by atoms with van der Waals surface area (Å²) in [6, 6.07) is 11.3. The Morgan fingerprint density at radius 1 is 1.39 bits per heavy atom. The molecule has 0 unspecified atom stereocenters. The van der Waals surface area contributed by atoms with E-state index in [1.807, 2.05) is 24.4 Å². The zero-order chi connectivity index (χ0) is 12.8. The number of aromatic nitrogens is 1. The van der Waals surface area contributed by atoms with Gasteiger partial charge in [-0.1, -0.05) is 6.07 Å². The number of pyridine rings is 1. The van der Waals surface area contributed by atoms with E-state index < -0.39 is 0 Å². The highest BCUT2D eigenvalue weighted by atomic mass is 16.5. The smallest absolute Gasteiger partial charge is 0.143 e. The number of hydrogen-bond acceptors (Lipinski definition) is 4. The number of benzene rings is 1. The van der Waals surface area contributed by atoms with E-state index in [1.165, 1.54) is 0 Å². The van der Waals surface area contributed by atoms with Gasteiger partial charge in [-0.15, -0.1) is 0 Å². The van der Waals surface area contributed by atoms with Crippen LogP contribution in [0, 0.1) is 11.3 Å². The van der Waals surface area contributed by atoms with Crippen LogP contribution in [-0.4, -0.2) is 12.1 Å². The third-order valence-corrected chi connectivity index (χ3v) is 2.54. The Morgan fingerprint density at radius 3 is 2.94 bits per heavy atom. The molecule has 2 aromatic rings. The summed E-state index contributed by atoms with van der Waals surface area (Å²) in [6.45, 7) is 0.663. The van der Waals surface area contributed by atoms with E-state index in [9.17, 15) is 0 Å². The minimum Gasteiger partial charge on any atom is -0.495 e. The van der Waals surface area contributed by atoms with Crippen molar-refractivity contribution in [2.45, 2.75) is 6.54 Å². The first-order chi connectivity index (χ1) is 8.83. The second-order valence-electron chi connectivity index (χ2n) is 3.74. The lowest BCUT2D eigenvalue weighted by Gasteiger charge is -2.11. The van der Waals surface area contributed by atoms with E-state index in [0.717, 1.165) is 11.3 Å². The summed E-state index contributed by atoms with van der Waals surface area (Å²) in [5.74, 6) is 0.665. The molecule has 0 aliphatic rings. The second-order valence-corrected chi connectivity index (χ2v) is 3.74. The first-order valence-electron chi connectivity index (χ1n) is 5.54. The fraction of sp³-hybridized carbons (Fsp3) is 0.143. The zero-order valence-electron chi connectivity index (χ0n) is 10.1. The van der Waals surface area contributed by atoms with Gasteiger partial charge in [-0.05, 0) is 23.8 Å². The molecule has 1 aromatic heterocycles. The van der Waals surface area contributed by atoms with Crippen molar-refractivity contribution in [1.82, 2.24) is 4.98 Å². The van der Waals surface area contributed by atoms with E-state index in [1.54, 1.807) is 25.4 Å². The molecule has 1 aromatic carbocycles. The third-order valence-electron chi connectivity index (χ3n) is 2.54. The molecular formula is C14H13N3O. The molecule has 1 N–H and O–H groups in total. The van der Waals surface area contributed by atoms with Crippen LogP contribution < -0.4 is 10.1 Å². The van der Waals surface area contributed by atoms with E-state index in [-0.39, 0.29) is 0 Å². The largest absolute Gasteiger partial charge is 0.495 e. The molecule has 0 bridgehead atoms. The predicted molar refractivity (Wildman–Crippen MR) is 69.3 cm³/mol. The summed E-state index contributed by atoms with van der Waals surface area (Å²) >= 11 is 0. The van der Waals surface area contributed by atoms with Gasteiger partial charge in [-0.3, -0.25) is 4.98 Å². The van der Waals surface area contributed by atoms with Gasteiger partial charge in [0.1, 0.15) is 5.75 Å². The Balaban J connectivity index is 2.12. The van der Waals surface area contributed by atoms with Crippen LogP contribution in [-0.2, 0) is 6.54 Å². The lowest BCUT2D eigenvalue weighted by Crippen LogP contribution is -2.01. The molecule has 0 radical (unpaired) electrons. The number of nitrogens with zero attached hydrogens (tertiary/aromatic N) is 2. The highest BCUT2D eigenvalue weighted by Gasteiger charge is 2.04. The van der Waals surface area contributed by atoms with Crippen LogP contribution >= 0.6 is 0 Å². The van der Waals surface area contributed by atoms with Crippen molar-refractivity contribution < 1.29 is 4.74 Å². The Hall–Kier alpha value is -2.54. The van der Waals surface area contributed by atoms with Gasteiger partial charge in [0.15, 0.2) is 0 Å². The first kappa shape index (κ1) is 11.9. The minimum absolute atomic E-state index is 0.582. The molecule has 4 heteroatoms. The molecule has 0 amide bonds. The van der Waals surface area contributed by atoms with Gasteiger partial charge in [0, 0.05) is 25.0 Å². The fourth-order valence-electron chi connectivity index (χ4n) is 1.61. The van der Waals surface area contributed by atoms with Crippen LogP contribution in [0.5, 0.6) is 5.75 Å². The Labute approximate surface area is 106 Å². The summed E-state index contributed by atoms with van der Waals surface area (Å²) < 4.78 is 5.25. The van der Waals surface area contributed by atoms with Crippen molar-refractivity contribution in [3.63, 3.8) is 0 Å². The maximum absolute atomic E-state index is 8.82. The first-order valence-corrected chi connectivity index (χ1v) is 5.54. The molecule has 0 saturated carbocycles. The van der Waals surface area contributed by atoms with Crippen molar-refractivity contribution in [3.8, 4) is 11.8 Å². The summed E-state index contributed by atoms with van der Waals surface area (Å²) in [6.07, 6.45) is 3.55. The standard InChI is InChI=1S/C14H13N3O/c1-18-14-7-11(8-15)4-5-13(14)17-10-12-3-2-6-16-9-12/h2-7,9,17H,10H2,1H3. The van der Waals surface area contributed by atoms with E-state index in [2.05, 4.69) is 16.4 Å². The van der Waals surface area contributed by atoms with Crippen molar-refractivity contribution in [2.24, 2.45) is 0 Å². The molecule has 0 fully saturated rings. The van der Waals surface area contributed by atoms with Crippen LogP contribution in [0.15, 0.2) is 42.7 Å². The number of hydrogen-bond donors (Lipinski definition) is 1. The average Bonchev–Trinajstić information content (AvgIpc) is 2.46. The lowest BCUT2D eigenvalue weighted by atomic mass is 10.2. The second kappa shape index (κ2) is 5.69. The molecule has 1 heterocycles. The summed E-state index contributed by atoms with van der Waals surface area (Å²) in [5.41, 5.74) is 2.53. The monoisotopic (exact) mass is 239 g/mol. The minimum atomic E-state index is 0.582. The molecule has 4 nitrogen and oxygen atoms in total. The Kier molecular flexibility index (Phi) is 3.77. The number of ether oxygens (including phenoxy) is 1. The van der Waals surface area contributed by atoms with E-state index in [4.69, 9.17) is 10.00 Å². The molecule has 0 atom stereocenters. The summed E-state index contributed by atoms with van der Waals surface area (Å²) in [4.78, 5) is 4.05. The number of anilines is 1. The van der Waals surface area contributed by atoms with Crippen LogP contribution in [0.25, 0.3) is 0 Å². The van der Waals surface area contributed by atoms with Gasteiger partial charge >= 0.3 is 0 Å². The molecule has 18 heavy (non-hydrogen) atoms. The normalized spacial score (nSPS) is 9.56. The fourth-order valence-corrected chi connectivity index (χ4v) is 1.61. The topological polar surface area (TPSA) is 57.9 Å². The zero-order valence-corrected chi connectivity index (χ0v) is 10.1. The van der Waals surface area contributed by atoms with Crippen LogP contribution in [0.2, 0.25) is 0 Å². The number of nitriles is 1. The van der Waals surface area contributed by atoms with E-state index in [0.29, 0.717) is 17.9 Å². The lowest BCUT2D eigenvalue weighted by molar-refractivity contribution is 0.416. The molecular weight excluding hydrogens is 226 g/mol. The molecule has 2 rings (SSSR count). The van der Waals surface area contributed by atoms with Crippen molar-refractivity contribution >= 4 is 5.69 Å². The van der Waals surface area contributed by atoms with Gasteiger partial charge in [0.25, 0.3) is 0 Å². The third kappa shape index (κ3) is 2.77. The van der Waals surface area contributed by atoms with E-state index >= 15 is 0 Å². The molecule has 90 valence electrons. The average molecular weight is 239 g/mol. The predicted octanol–water partition coefficient (Wildman–Crippen LogP) is 2.57. The molecule has 0 aliphatic heterocycles. The number of methoxy groups -OCH3 is 1. The van der Waals surface area contributed by atoms with Gasteiger partial charge < -0.3 is 10.1 Å².